The summed E-state index contributed by atoms with van der Waals surface area (Å²) in [5.41, 5.74) is 7.75. The lowest BCUT2D eigenvalue weighted by molar-refractivity contribution is 0.700. The number of aryl methyl sites for hydroxylation is 1. The molecule has 1 aromatic heterocycles. The Morgan fingerprint density at radius 2 is 2.05 bits per heavy atom. The van der Waals surface area contributed by atoms with E-state index in [9.17, 15) is 0 Å². The monoisotopic (exact) mass is 286 g/mol. The van der Waals surface area contributed by atoms with Gasteiger partial charge in [0.05, 0.1) is 11.8 Å². The summed E-state index contributed by atoms with van der Waals surface area (Å²) in [6.07, 6.45) is 3.60. The number of thiocarbonyl (C=S) groups is 1. The van der Waals surface area contributed by atoms with Crippen molar-refractivity contribution in [1.82, 2.24) is 10.2 Å². The van der Waals surface area contributed by atoms with Crippen molar-refractivity contribution in [3.8, 4) is 0 Å². The highest BCUT2D eigenvalue weighted by molar-refractivity contribution is 7.80. The Kier molecular flexibility index (Phi) is 5.01. The van der Waals surface area contributed by atoms with Gasteiger partial charge in [-0.15, -0.1) is 5.10 Å². The molecule has 5 heteroatoms. The van der Waals surface area contributed by atoms with E-state index in [4.69, 9.17) is 18.0 Å². The van der Waals surface area contributed by atoms with Gasteiger partial charge in [0.1, 0.15) is 4.99 Å². The number of nitrogens with one attached hydrogen (secondary N) is 1. The number of aromatic nitrogens is 2. The summed E-state index contributed by atoms with van der Waals surface area (Å²) < 4.78 is 0. The largest absolute Gasteiger partial charge is 0.389 e. The summed E-state index contributed by atoms with van der Waals surface area (Å²) in [7, 11) is 0. The number of benzene rings is 1. The molecule has 1 heterocycles. The Morgan fingerprint density at radius 3 is 2.75 bits per heavy atom. The lowest BCUT2D eigenvalue weighted by Gasteiger charge is -2.16. The maximum atomic E-state index is 5.68. The third kappa shape index (κ3) is 3.99. The Morgan fingerprint density at radius 1 is 1.30 bits per heavy atom. The van der Waals surface area contributed by atoms with Crippen LogP contribution in [0.2, 0.25) is 0 Å². The van der Waals surface area contributed by atoms with Gasteiger partial charge in [0.15, 0.2) is 5.82 Å². The van der Waals surface area contributed by atoms with Crippen molar-refractivity contribution in [2.24, 2.45) is 5.73 Å². The lowest BCUT2D eigenvalue weighted by Crippen LogP contribution is -2.21. The van der Waals surface area contributed by atoms with E-state index in [-0.39, 0.29) is 6.04 Å². The Hall–Kier alpha value is -2.01. The minimum atomic E-state index is 0.264. The van der Waals surface area contributed by atoms with Crippen molar-refractivity contribution in [3.63, 3.8) is 0 Å². The first kappa shape index (κ1) is 14.4. The molecule has 104 valence electrons. The summed E-state index contributed by atoms with van der Waals surface area (Å²) in [4.78, 5) is 0.331. The van der Waals surface area contributed by atoms with E-state index >= 15 is 0 Å². The molecular weight excluding hydrogens is 268 g/mol. The summed E-state index contributed by atoms with van der Waals surface area (Å²) in [5.74, 6) is 0.653. The van der Waals surface area contributed by atoms with Crippen molar-refractivity contribution >= 4 is 23.0 Å². The molecule has 0 saturated carbocycles. The maximum Gasteiger partial charge on any atom is 0.159 e. The molecule has 0 radical (unpaired) electrons. The van der Waals surface area contributed by atoms with Gasteiger partial charge in [-0.05, 0) is 31.4 Å². The molecule has 20 heavy (non-hydrogen) atoms. The molecule has 0 amide bonds. The molecule has 1 aromatic carbocycles. The summed E-state index contributed by atoms with van der Waals surface area (Å²) in [5, 5.41) is 11.3. The predicted octanol–water partition coefficient (Wildman–Crippen LogP) is 2.54. The highest BCUT2D eigenvalue weighted by Gasteiger charge is 2.10. The molecule has 0 spiro atoms. The van der Waals surface area contributed by atoms with Crippen molar-refractivity contribution in [2.45, 2.75) is 25.8 Å². The molecule has 0 aliphatic rings. The van der Waals surface area contributed by atoms with Crippen LogP contribution in [0.3, 0.4) is 0 Å². The number of hydrogen-bond acceptors (Lipinski definition) is 4. The minimum Gasteiger partial charge on any atom is -0.389 e. The zero-order chi connectivity index (χ0) is 14.4. The van der Waals surface area contributed by atoms with Crippen LogP contribution in [-0.2, 0) is 6.42 Å². The second-order valence-electron chi connectivity index (χ2n) is 4.73. The van der Waals surface area contributed by atoms with Gasteiger partial charge in [0.2, 0.25) is 0 Å². The average molecular weight is 286 g/mol. The van der Waals surface area contributed by atoms with Gasteiger partial charge in [0.25, 0.3) is 0 Å². The molecule has 2 rings (SSSR count). The van der Waals surface area contributed by atoms with Crippen LogP contribution < -0.4 is 11.1 Å². The van der Waals surface area contributed by atoms with Crippen molar-refractivity contribution < 1.29 is 0 Å². The Bertz CT molecular complexity index is 571. The van der Waals surface area contributed by atoms with E-state index in [1.807, 2.05) is 6.07 Å². The van der Waals surface area contributed by atoms with Gasteiger partial charge in [-0.2, -0.15) is 5.10 Å². The Balaban J connectivity index is 1.95. The standard InChI is InChI=1S/C15H18N4S/c1-11(7-8-12-5-3-2-4-6-12)18-15-13(14(16)20)9-10-17-19-15/h2-6,9-11H,7-8H2,1H3,(H2,16,20)(H,18,19). The van der Waals surface area contributed by atoms with Crippen molar-refractivity contribution in [1.29, 1.82) is 0 Å². The van der Waals surface area contributed by atoms with E-state index < -0.39 is 0 Å². The fourth-order valence-corrected chi connectivity index (χ4v) is 2.14. The van der Waals surface area contributed by atoms with E-state index in [1.54, 1.807) is 12.3 Å². The first-order valence-corrected chi connectivity index (χ1v) is 6.99. The second-order valence-corrected chi connectivity index (χ2v) is 5.17. The zero-order valence-electron chi connectivity index (χ0n) is 11.4. The van der Waals surface area contributed by atoms with E-state index in [1.165, 1.54) is 5.56 Å². The third-order valence-electron chi connectivity index (χ3n) is 3.08. The van der Waals surface area contributed by atoms with Crippen LogP contribution in [0, 0.1) is 0 Å². The zero-order valence-corrected chi connectivity index (χ0v) is 12.2. The van der Waals surface area contributed by atoms with Gasteiger partial charge in [-0.1, -0.05) is 42.5 Å². The SMILES string of the molecule is CC(CCc1ccccc1)Nc1nnccc1C(N)=S. The molecule has 3 N–H and O–H groups in total. The molecular formula is C15H18N4S. The quantitative estimate of drug-likeness (QED) is 0.799. The first-order valence-electron chi connectivity index (χ1n) is 6.59. The molecule has 2 aromatic rings. The molecule has 0 saturated heterocycles. The highest BCUT2D eigenvalue weighted by atomic mass is 32.1. The van der Waals surface area contributed by atoms with Crippen LogP contribution in [0.25, 0.3) is 0 Å². The summed E-state index contributed by atoms with van der Waals surface area (Å²) in [6, 6.07) is 12.5. The predicted molar refractivity (Wildman–Crippen MR) is 85.8 cm³/mol. The molecule has 1 unspecified atom stereocenters. The molecule has 1 atom stereocenters. The summed E-state index contributed by atoms with van der Waals surface area (Å²) >= 11 is 5.01. The topological polar surface area (TPSA) is 63.8 Å². The van der Waals surface area contributed by atoms with Gasteiger partial charge < -0.3 is 11.1 Å². The molecule has 0 aliphatic heterocycles. The number of anilines is 1. The van der Waals surface area contributed by atoms with Gasteiger partial charge >= 0.3 is 0 Å². The molecule has 4 nitrogen and oxygen atoms in total. The van der Waals surface area contributed by atoms with Crippen LogP contribution in [0.5, 0.6) is 0 Å². The van der Waals surface area contributed by atoms with E-state index in [0.717, 1.165) is 18.4 Å². The third-order valence-corrected chi connectivity index (χ3v) is 3.30. The number of hydrogen-bond donors (Lipinski definition) is 2. The summed E-state index contributed by atoms with van der Waals surface area (Å²) in [6.45, 7) is 2.11. The molecule has 0 fully saturated rings. The van der Waals surface area contributed by atoms with Gasteiger partial charge in [0, 0.05) is 6.04 Å². The van der Waals surface area contributed by atoms with E-state index in [0.29, 0.717) is 10.8 Å². The van der Waals surface area contributed by atoms with E-state index in [2.05, 4.69) is 46.7 Å². The maximum absolute atomic E-state index is 5.68. The lowest BCUT2D eigenvalue weighted by atomic mass is 10.1. The van der Waals surface area contributed by atoms with Gasteiger partial charge in [-0.3, -0.25) is 0 Å². The fraction of sp³-hybridized carbons (Fsp3) is 0.267. The molecule has 0 aliphatic carbocycles. The fourth-order valence-electron chi connectivity index (χ4n) is 1.97. The van der Waals surface area contributed by atoms with Crippen LogP contribution >= 0.6 is 12.2 Å². The minimum absolute atomic E-state index is 0.264. The highest BCUT2D eigenvalue weighted by Crippen LogP contribution is 2.13. The first-order chi connectivity index (χ1) is 9.66. The normalized spacial score (nSPS) is 11.8. The van der Waals surface area contributed by atoms with Crippen LogP contribution in [0.1, 0.15) is 24.5 Å². The second kappa shape index (κ2) is 6.96. The van der Waals surface area contributed by atoms with Crippen LogP contribution in [-0.4, -0.2) is 21.2 Å². The van der Waals surface area contributed by atoms with Crippen molar-refractivity contribution in [3.05, 3.63) is 53.7 Å². The van der Waals surface area contributed by atoms with Crippen molar-refractivity contribution in [2.75, 3.05) is 5.32 Å². The molecule has 0 bridgehead atoms. The number of rotatable bonds is 6. The van der Waals surface area contributed by atoms with Gasteiger partial charge in [-0.25, -0.2) is 0 Å². The average Bonchev–Trinajstić information content (AvgIpc) is 2.46. The number of nitrogens with two attached hydrogens (primary N) is 1. The number of nitrogens with zero attached hydrogens (tertiary/aromatic N) is 2. The van der Waals surface area contributed by atoms with Crippen LogP contribution in [0.4, 0.5) is 5.82 Å². The Labute approximate surface area is 124 Å². The van der Waals surface area contributed by atoms with Crippen LogP contribution in [0.15, 0.2) is 42.6 Å². The smallest absolute Gasteiger partial charge is 0.159 e.